The van der Waals surface area contributed by atoms with Gasteiger partial charge in [-0.05, 0) is 53.5 Å². The predicted octanol–water partition coefficient (Wildman–Crippen LogP) is 4.47. The second kappa shape index (κ2) is 6.60. The average molecular weight is 322 g/mol. The summed E-state index contributed by atoms with van der Waals surface area (Å²) in [6, 6.07) is 13.0. The molecule has 0 saturated carbocycles. The van der Waals surface area contributed by atoms with Crippen molar-refractivity contribution in [2.45, 2.75) is 45.1 Å². The highest BCUT2D eigenvalue weighted by molar-refractivity contribution is 5.89. The lowest BCUT2D eigenvalue weighted by Crippen LogP contribution is -2.24. The van der Waals surface area contributed by atoms with Crippen LogP contribution in [0.1, 0.15) is 64.1 Å². The molecule has 0 radical (unpaired) electrons. The summed E-state index contributed by atoms with van der Waals surface area (Å²) in [4.78, 5) is 23.0. The second-order valence-electron chi connectivity index (χ2n) is 7.04. The topological polar surface area (TPSA) is 43.4 Å². The summed E-state index contributed by atoms with van der Waals surface area (Å²) >= 11 is 0. The average Bonchev–Trinajstić information content (AvgIpc) is 2.59. The Labute approximate surface area is 142 Å². The van der Waals surface area contributed by atoms with Crippen LogP contribution in [-0.4, -0.2) is 12.3 Å². The Kier molecular flexibility index (Phi) is 4.52. The lowest BCUT2D eigenvalue weighted by atomic mass is 9.72. The van der Waals surface area contributed by atoms with E-state index in [1.807, 2.05) is 12.1 Å². The predicted molar refractivity (Wildman–Crippen MR) is 93.4 cm³/mol. The van der Waals surface area contributed by atoms with E-state index in [1.165, 1.54) is 17.5 Å². The fourth-order valence-electron chi connectivity index (χ4n) is 3.37. The number of benzene rings is 2. The molecule has 3 heteroatoms. The molecule has 2 aromatic carbocycles. The van der Waals surface area contributed by atoms with E-state index in [1.54, 1.807) is 24.3 Å². The van der Waals surface area contributed by atoms with Crippen LogP contribution in [0.2, 0.25) is 0 Å². The minimum absolute atomic E-state index is 0.177. The lowest BCUT2D eigenvalue weighted by molar-refractivity contribution is 0.0472. The number of fused-ring (bicyclic) bond motifs is 1. The third-order valence-corrected chi connectivity index (χ3v) is 4.80. The minimum atomic E-state index is -0.305. The van der Waals surface area contributed by atoms with Gasteiger partial charge in [-0.1, -0.05) is 44.2 Å². The van der Waals surface area contributed by atoms with Gasteiger partial charge in [0.15, 0.2) is 0 Å². The molecule has 0 amide bonds. The molecule has 0 aliphatic heterocycles. The van der Waals surface area contributed by atoms with Gasteiger partial charge in [0, 0.05) is 5.56 Å². The molecule has 3 nitrogen and oxygen atoms in total. The van der Waals surface area contributed by atoms with Gasteiger partial charge in [-0.2, -0.15) is 0 Å². The molecule has 24 heavy (non-hydrogen) atoms. The third-order valence-electron chi connectivity index (χ3n) is 4.80. The summed E-state index contributed by atoms with van der Waals surface area (Å²) in [7, 11) is 0. The molecule has 0 spiro atoms. The van der Waals surface area contributed by atoms with E-state index in [0.717, 1.165) is 24.7 Å². The van der Waals surface area contributed by atoms with Crippen molar-refractivity contribution >= 4 is 12.3 Å². The van der Waals surface area contributed by atoms with E-state index in [-0.39, 0.29) is 18.0 Å². The number of ether oxygens (including phenoxy) is 1. The molecule has 0 aromatic heterocycles. The Balaban J connectivity index is 1.70. The van der Waals surface area contributed by atoms with E-state index in [9.17, 15) is 9.59 Å². The summed E-state index contributed by atoms with van der Waals surface area (Å²) in [5, 5.41) is 0. The van der Waals surface area contributed by atoms with Crippen LogP contribution in [0.15, 0.2) is 42.5 Å². The van der Waals surface area contributed by atoms with Crippen molar-refractivity contribution in [2.75, 3.05) is 0 Å². The van der Waals surface area contributed by atoms with E-state index in [2.05, 4.69) is 19.9 Å². The lowest BCUT2D eigenvalue weighted by Gasteiger charge is -2.32. The van der Waals surface area contributed by atoms with Crippen molar-refractivity contribution < 1.29 is 14.3 Å². The largest absolute Gasteiger partial charge is 0.457 e. The zero-order valence-electron chi connectivity index (χ0n) is 14.2. The van der Waals surface area contributed by atoms with Crippen LogP contribution in [0, 0.1) is 0 Å². The Hall–Kier alpha value is -2.42. The molecule has 0 heterocycles. The number of carbonyl (C=O) groups excluding carboxylic acids is 2. The van der Waals surface area contributed by atoms with Crippen molar-refractivity contribution in [3.8, 4) is 0 Å². The summed E-state index contributed by atoms with van der Waals surface area (Å²) < 4.78 is 5.40. The van der Waals surface area contributed by atoms with Gasteiger partial charge in [-0.25, -0.2) is 4.79 Å². The molecular formula is C21H22O3. The van der Waals surface area contributed by atoms with Crippen LogP contribution in [0.3, 0.4) is 0 Å². The van der Waals surface area contributed by atoms with Gasteiger partial charge < -0.3 is 4.74 Å². The zero-order valence-corrected chi connectivity index (χ0v) is 14.2. The monoisotopic (exact) mass is 322 g/mol. The van der Waals surface area contributed by atoms with Gasteiger partial charge in [0.2, 0.25) is 0 Å². The number of hydrogen-bond donors (Lipinski definition) is 0. The fourth-order valence-corrected chi connectivity index (χ4v) is 3.37. The summed E-state index contributed by atoms with van der Waals surface area (Å²) in [6.07, 6.45) is 4.15. The standard InChI is InChI=1S/C21H22O3/c1-21(2)11-3-4-17-12-18(9-10-19(17)21)20(23)24-14-16-7-5-15(13-22)6-8-16/h5-10,12-13H,3-4,11,14H2,1-2H3. The molecule has 2 aromatic rings. The van der Waals surface area contributed by atoms with Gasteiger partial charge in [-0.3, -0.25) is 4.79 Å². The Morgan fingerprint density at radius 3 is 2.62 bits per heavy atom. The van der Waals surface area contributed by atoms with Gasteiger partial charge in [0.1, 0.15) is 12.9 Å². The normalized spacial score (nSPS) is 15.4. The highest BCUT2D eigenvalue weighted by Crippen LogP contribution is 2.37. The number of aryl methyl sites for hydroxylation is 1. The highest BCUT2D eigenvalue weighted by atomic mass is 16.5. The van der Waals surface area contributed by atoms with Gasteiger partial charge in [0.25, 0.3) is 0 Å². The molecule has 0 unspecified atom stereocenters. The number of esters is 1. The first-order chi connectivity index (χ1) is 11.5. The molecule has 0 fully saturated rings. The Morgan fingerprint density at radius 2 is 1.92 bits per heavy atom. The van der Waals surface area contributed by atoms with E-state index < -0.39 is 0 Å². The molecule has 0 N–H and O–H groups in total. The maximum atomic E-state index is 12.3. The van der Waals surface area contributed by atoms with Gasteiger partial charge in [0.05, 0.1) is 5.56 Å². The third kappa shape index (κ3) is 3.40. The SMILES string of the molecule is CC1(C)CCCc2cc(C(=O)OCc3ccc(C=O)cc3)ccc21. The number of rotatable bonds is 4. The van der Waals surface area contributed by atoms with Gasteiger partial charge in [-0.15, -0.1) is 0 Å². The maximum Gasteiger partial charge on any atom is 0.338 e. The summed E-state index contributed by atoms with van der Waals surface area (Å²) in [5.41, 5.74) is 4.87. The molecule has 0 saturated heterocycles. The van der Waals surface area contributed by atoms with Crippen molar-refractivity contribution in [3.63, 3.8) is 0 Å². The number of hydrogen-bond acceptors (Lipinski definition) is 3. The molecule has 0 atom stereocenters. The molecular weight excluding hydrogens is 300 g/mol. The number of carbonyl (C=O) groups is 2. The Bertz CT molecular complexity index is 757. The number of aldehydes is 1. The molecule has 124 valence electrons. The van der Waals surface area contributed by atoms with Crippen molar-refractivity contribution in [2.24, 2.45) is 0 Å². The molecule has 3 rings (SSSR count). The van der Waals surface area contributed by atoms with E-state index in [4.69, 9.17) is 4.74 Å². The Morgan fingerprint density at radius 1 is 1.17 bits per heavy atom. The van der Waals surface area contributed by atoms with Crippen LogP contribution in [0.4, 0.5) is 0 Å². The van der Waals surface area contributed by atoms with Crippen molar-refractivity contribution in [1.29, 1.82) is 0 Å². The fraction of sp³-hybridized carbons (Fsp3) is 0.333. The van der Waals surface area contributed by atoms with Crippen LogP contribution >= 0.6 is 0 Å². The molecule has 1 aliphatic rings. The first-order valence-electron chi connectivity index (χ1n) is 8.34. The minimum Gasteiger partial charge on any atom is -0.457 e. The summed E-state index contributed by atoms with van der Waals surface area (Å²) in [5.74, 6) is -0.305. The van der Waals surface area contributed by atoms with E-state index >= 15 is 0 Å². The second-order valence-corrected chi connectivity index (χ2v) is 7.04. The smallest absolute Gasteiger partial charge is 0.338 e. The highest BCUT2D eigenvalue weighted by Gasteiger charge is 2.27. The van der Waals surface area contributed by atoms with Crippen LogP contribution in [0.25, 0.3) is 0 Å². The first kappa shape index (κ1) is 16.4. The van der Waals surface area contributed by atoms with E-state index in [0.29, 0.717) is 11.1 Å². The van der Waals surface area contributed by atoms with Crippen LogP contribution in [0.5, 0.6) is 0 Å². The van der Waals surface area contributed by atoms with Crippen molar-refractivity contribution in [1.82, 2.24) is 0 Å². The van der Waals surface area contributed by atoms with Crippen molar-refractivity contribution in [3.05, 3.63) is 70.3 Å². The molecule has 1 aliphatic carbocycles. The summed E-state index contributed by atoms with van der Waals surface area (Å²) in [6.45, 7) is 4.72. The first-order valence-corrected chi connectivity index (χ1v) is 8.34. The maximum absolute atomic E-state index is 12.3. The van der Waals surface area contributed by atoms with Gasteiger partial charge >= 0.3 is 5.97 Å². The quantitative estimate of drug-likeness (QED) is 0.616. The van der Waals surface area contributed by atoms with Crippen LogP contribution < -0.4 is 0 Å². The molecule has 0 bridgehead atoms. The van der Waals surface area contributed by atoms with Crippen LogP contribution in [-0.2, 0) is 23.2 Å². The zero-order chi connectivity index (χ0) is 17.2.